The fourth-order valence-corrected chi connectivity index (χ4v) is 4.46. The number of aryl methyl sites for hydroxylation is 2. The third-order valence-corrected chi connectivity index (χ3v) is 5.64. The molecule has 2 heterocycles. The Labute approximate surface area is 141 Å². The highest BCUT2D eigenvalue weighted by atomic mass is 32.2. The predicted octanol–water partition coefficient (Wildman–Crippen LogP) is 5.39. The van der Waals surface area contributed by atoms with Gasteiger partial charge in [0.15, 0.2) is 0 Å². The third kappa shape index (κ3) is 2.47. The Morgan fingerprint density at radius 2 is 2.00 bits per heavy atom. The van der Waals surface area contributed by atoms with Gasteiger partial charge in [-0.2, -0.15) is 0 Å². The first-order valence-electron chi connectivity index (χ1n) is 8.48. The maximum Gasteiger partial charge on any atom is 0.1000 e. The number of para-hydroxylation sites is 1. The molecule has 0 saturated heterocycles. The molecular weight excluding hydrogens is 300 g/mol. The molecule has 0 amide bonds. The smallest absolute Gasteiger partial charge is 0.1000 e. The minimum Gasteiger partial charge on any atom is -0.353 e. The molecular formula is C20H22N2S. The highest BCUT2D eigenvalue weighted by Gasteiger charge is 2.19. The highest BCUT2D eigenvalue weighted by molar-refractivity contribution is 7.98. The minimum atomic E-state index is 1.02. The van der Waals surface area contributed by atoms with E-state index in [1.807, 2.05) is 0 Å². The van der Waals surface area contributed by atoms with Crippen molar-refractivity contribution in [3.05, 3.63) is 47.0 Å². The van der Waals surface area contributed by atoms with E-state index in [-0.39, 0.29) is 0 Å². The second-order valence-electron chi connectivity index (χ2n) is 6.24. The average Bonchev–Trinajstić information content (AvgIpc) is 2.99. The van der Waals surface area contributed by atoms with Gasteiger partial charge in [-0.05, 0) is 67.2 Å². The summed E-state index contributed by atoms with van der Waals surface area (Å²) < 4.78 is 0. The van der Waals surface area contributed by atoms with E-state index >= 15 is 0 Å². The summed E-state index contributed by atoms with van der Waals surface area (Å²) in [5.74, 6) is 0. The Morgan fingerprint density at radius 1 is 1.17 bits per heavy atom. The summed E-state index contributed by atoms with van der Waals surface area (Å²) in [7, 11) is 0. The zero-order valence-electron chi connectivity index (χ0n) is 13.8. The Bertz CT molecular complexity index is 846. The van der Waals surface area contributed by atoms with E-state index in [0.717, 1.165) is 12.1 Å². The van der Waals surface area contributed by atoms with E-state index in [2.05, 4.69) is 48.5 Å². The Hall–Kier alpha value is -1.74. The molecule has 0 bridgehead atoms. The van der Waals surface area contributed by atoms with Crippen LogP contribution in [0.5, 0.6) is 0 Å². The number of nitrogens with one attached hydrogen (secondary N) is 1. The van der Waals surface area contributed by atoms with Gasteiger partial charge in [0.2, 0.25) is 0 Å². The molecule has 0 saturated carbocycles. The van der Waals surface area contributed by atoms with Crippen molar-refractivity contribution in [2.24, 2.45) is 0 Å². The van der Waals surface area contributed by atoms with Crippen LogP contribution in [0.15, 0.2) is 35.4 Å². The number of benzene rings is 1. The van der Waals surface area contributed by atoms with Crippen molar-refractivity contribution < 1.29 is 0 Å². The van der Waals surface area contributed by atoms with Crippen molar-refractivity contribution in [3.63, 3.8) is 0 Å². The maximum absolute atomic E-state index is 5.01. The molecule has 0 radical (unpaired) electrons. The van der Waals surface area contributed by atoms with E-state index in [9.17, 15) is 0 Å². The summed E-state index contributed by atoms with van der Waals surface area (Å²) >= 11 is 1.79. The Balaban J connectivity index is 1.94. The molecule has 1 N–H and O–H groups in total. The van der Waals surface area contributed by atoms with Gasteiger partial charge >= 0.3 is 0 Å². The molecule has 118 valence electrons. The second kappa shape index (κ2) is 6.04. The van der Waals surface area contributed by atoms with Gasteiger partial charge in [-0.1, -0.05) is 25.1 Å². The summed E-state index contributed by atoms with van der Waals surface area (Å²) in [4.78, 5) is 8.63. The van der Waals surface area contributed by atoms with E-state index in [0.29, 0.717) is 0 Å². The van der Waals surface area contributed by atoms with Crippen molar-refractivity contribution >= 4 is 22.7 Å². The lowest BCUT2D eigenvalue weighted by atomic mass is 9.92. The minimum absolute atomic E-state index is 1.02. The van der Waals surface area contributed by atoms with E-state index in [4.69, 9.17) is 4.98 Å². The number of pyridine rings is 1. The summed E-state index contributed by atoms with van der Waals surface area (Å²) in [5, 5.41) is 2.55. The van der Waals surface area contributed by atoms with Crippen LogP contribution < -0.4 is 0 Å². The van der Waals surface area contributed by atoms with E-state index in [1.54, 1.807) is 11.8 Å². The van der Waals surface area contributed by atoms with Gasteiger partial charge in [0.05, 0.1) is 16.4 Å². The molecule has 0 unspecified atom stereocenters. The van der Waals surface area contributed by atoms with Crippen LogP contribution in [0.1, 0.15) is 36.5 Å². The SMILES string of the molecule is CCc1c(-c2cc3c(c(SC)n2)CCCC3)[nH]c2ccccc12. The fourth-order valence-electron chi connectivity index (χ4n) is 3.79. The number of hydrogen-bond acceptors (Lipinski definition) is 2. The van der Waals surface area contributed by atoms with Crippen LogP contribution in [0.25, 0.3) is 22.3 Å². The number of hydrogen-bond donors (Lipinski definition) is 1. The molecule has 3 aromatic rings. The molecule has 0 aliphatic heterocycles. The van der Waals surface area contributed by atoms with Gasteiger partial charge in [0.1, 0.15) is 0 Å². The molecule has 0 fully saturated rings. The van der Waals surface area contributed by atoms with Crippen LogP contribution in [0.4, 0.5) is 0 Å². The monoisotopic (exact) mass is 322 g/mol. The summed E-state index contributed by atoms with van der Waals surface area (Å²) in [6, 6.07) is 10.9. The molecule has 1 aromatic carbocycles. The van der Waals surface area contributed by atoms with Crippen LogP contribution >= 0.6 is 11.8 Å². The third-order valence-electron chi connectivity index (χ3n) is 4.92. The standard InChI is InChI=1S/C20H22N2S/c1-3-14-16-10-6-7-11-17(16)21-19(14)18-12-13-8-4-5-9-15(13)20(22-18)23-2/h6-7,10-12,21H,3-5,8-9H2,1-2H3. The lowest BCUT2D eigenvalue weighted by molar-refractivity contribution is 0.668. The van der Waals surface area contributed by atoms with Crippen molar-refractivity contribution in [1.82, 2.24) is 9.97 Å². The van der Waals surface area contributed by atoms with Crippen molar-refractivity contribution in [3.8, 4) is 11.4 Å². The van der Waals surface area contributed by atoms with Crippen molar-refractivity contribution in [2.45, 2.75) is 44.1 Å². The lowest BCUT2D eigenvalue weighted by Crippen LogP contribution is -2.07. The zero-order chi connectivity index (χ0) is 15.8. The number of fused-ring (bicyclic) bond motifs is 2. The quantitative estimate of drug-likeness (QED) is 0.655. The molecule has 1 aliphatic rings. The molecule has 0 atom stereocenters. The van der Waals surface area contributed by atoms with Crippen molar-refractivity contribution in [2.75, 3.05) is 6.26 Å². The normalized spacial score (nSPS) is 14.2. The van der Waals surface area contributed by atoms with Crippen LogP contribution in [0, 0.1) is 0 Å². The first-order valence-corrected chi connectivity index (χ1v) is 9.71. The predicted molar refractivity (Wildman–Crippen MR) is 99.3 cm³/mol. The molecule has 3 heteroatoms. The average molecular weight is 322 g/mol. The summed E-state index contributed by atoms with van der Waals surface area (Å²) in [5.41, 5.74) is 7.91. The van der Waals surface area contributed by atoms with Gasteiger partial charge in [0.25, 0.3) is 0 Å². The largest absolute Gasteiger partial charge is 0.353 e. The van der Waals surface area contributed by atoms with Crippen LogP contribution in [0.2, 0.25) is 0 Å². The molecule has 1 aliphatic carbocycles. The second-order valence-corrected chi connectivity index (χ2v) is 7.03. The van der Waals surface area contributed by atoms with Gasteiger partial charge < -0.3 is 4.98 Å². The highest BCUT2D eigenvalue weighted by Crippen LogP contribution is 2.35. The molecule has 2 nitrogen and oxygen atoms in total. The van der Waals surface area contributed by atoms with Crippen LogP contribution in [-0.4, -0.2) is 16.2 Å². The van der Waals surface area contributed by atoms with Crippen LogP contribution in [0.3, 0.4) is 0 Å². The number of thioether (sulfide) groups is 1. The Morgan fingerprint density at radius 3 is 2.83 bits per heavy atom. The summed E-state index contributed by atoms with van der Waals surface area (Å²) in [6.07, 6.45) is 8.15. The van der Waals surface area contributed by atoms with Crippen molar-refractivity contribution in [1.29, 1.82) is 0 Å². The first kappa shape index (κ1) is 14.8. The van der Waals surface area contributed by atoms with Gasteiger partial charge in [-0.15, -0.1) is 11.8 Å². The van der Waals surface area contributed by atoms with E-state index in [1.165, 1.54) is 64.0 Å². The molecule has 4 rings (SSSR count). The van der Waals surface area contributed by atoms with Gasteiger partial charge in [-0.3, -0.25) is 0 Å². The lowest BCUT2D eigenvalue weighted by Gasteiger charge is -2.19. The van der Waals surface area contributed by atoms with Gasteiger partial charge in [0, 0.05) is 10.9 Å². The topological polar surface area (TPSA) is 28.7 Å². The number of aromatic nitrogens is 2. The first-order chi connectivity index (χ1) is 11.3. The fraction of sp³-hybridized carbons (Fsp3) is 0.350. The number of H-pyrrole nitrogens is 1. The summed E-state index contributed by atoms with van der Waals surface area (Å²) in [6.45, 7) is 2.23. The number of nitrogens with zero attached hydrogens (tertiary/aromatic N) is 1. The number of aromatic amines is 1. The van der Waals surface area contributed by atoms with Crippen LogP contribution in [-0.2, 0) is 19.3 Å². The Kier molecular flexibility index (Phi) is 3.90. The molecule has 0 spiro atoms. The molecule has 2 aromatic heterocycles. The number of rotatable bonds is 3. The molecule has 23 heavy (non-hydrogen) atoms. The maximum atomic E-state index is 5.01. The van der Waals surface area contributed by atoms with E-state index < -0.39 is 0 Å². The zero-order valence-corrected chi connectivity index (χ0v) is 14.6. The van der Waals surface area contributed by atoms with Gasteiger partial charge in [-0.25, -0.2) is 4.98 Å².